The summed E-state index contributed by atoms with van der Waals surface area (Å²) >= 11 is 6.32. The molecule has 146 valence electrons. The molecule has 9 heteroatoms. The van der Waals surface area contributed by atoms with Gasteiger partial charge >= 0.3 is 6.09 Å². The topological polar surface area (TPSA) is 86.9 Å². The van der Waals surface area contributed by atoms with Crippen LogP contribution in [0, 0.1) is 0 Å². The maximum absolute atomic E-state index is 12.4. The van der Waals surface area contributed by atoms with Gasteiger partial charge in [-0.15, -0.1) is 0 Å². The first-order valence-corrected chi connectivity index (χ1v) is 10.5. The summed E-state index contributed by atoms with van der Waals surface area (Å²) in [6.45, 7) is 1.37. The third kappa shape index (κ3) is 4.53. The molecule has 1 atom stereocenters. The van der Waals surface area contributed by atoms with Gasteiger partial charge in [0.25, 0.3) is 0 Å². The Labute approximate surface area is 172 Å². The van der Waals surface area contributed by atoms with Crippen LogP contribution in [0.3, 0.4) is 0 Å². The molecule has 0 aliphatic carbocycles. The van der Waals surface area contributed by atoms with E-state index in [1.54, 1.807) is 47.4 Å². The highest BCUT2D eigenvalue weighted by Crippen LogP contribution is 2.29. The highest BCUT2D eigenvalue weighted by atomic mass is 32.2. The van der Waals surface area contributed by atoms with Gasteiger partial charge in [-0.25, -0.2) is 14.8 Å². The number of thiol groups is 1. The average molecular weight is 416 g/mol. The zero-order chi connectivity index (χ0) is 19.3. The highest BCUT2D eigenvalue weighted by Gasteiger charge is 2.25. The molecule has 3 aromatic rings. The monoisotopic (exact) mass is 415 g/mol. The molecule has 1 unspecified atom stereocenters. The maximum atomic E-state index is 12.4. The van der Waals surface area contributed by atoms with Crippen LogP contribution in [-0.4, -0.2) is 49.3 Å². The van der Waals surface area contributed by atoms with Crippen LogP contribution in [0.15, 0.2) is 54.2 Å². The Morgan fingerprint density at radius 1 is 1.14 bits per heavy atom. The van der Waals surface area contributed by atoms with E-state index >= 15 is 0 Å². The van der Waals surface area contributed by atoms with Crippen molar-refractivity contribution in [1.29, 1.82) is 0 Å². The largest absolute Gasteiger partial charge is 0.415 e. The number of amides is 1. The van der Waals surface area contributed by atoms with E-state index in [2.05, 4.69) is 32.6 Å². The van der Waals surface area contributed by atoms with Gasteiger partial charge in [0, 0.05) is 43.1 Å². The van der Waals surface area contributed by atoms with Crippen LogP contribution < -0.4 is 4.74 Å². The molecular formula is C19H21N5O2S2. The minimum Gasteiger partial charge on any atom is -0.410 e. The van der Waals surface area contributed by atoms with E-state index in [-0.39, 0.29) is 11.3 Å². The van der Waals surface area contributed by atoms with Crippen molar-refractivity contribution in [2.24, 2.45) is 0 Å². The molecule has 7 nitrogen and oxygen atoms in total. The smallest absolute Gasteiger partial charge is 0.410 e. The fraction of sp³-hybridized carbons (Fsp3) is 0.316. The van der Waals surface area contributed by atoms with Crippen LogP contribution in [0.4, 0.5) is 4.79 Å². The lowest BCUT2D eigenvalue weighted by Crippen LogP contribution is -2.40. The summed E-state index contributed by atoms with van der Waals surface area (Å²) in [5.41, 5.74) is 0.980. The molecule has 0 bridgehead atoms. The second-order valence-corrected chi connectivity index (χ2v) is 8.32. The number of hydrogen-bond acceptors (Lipinski definition) is 6. The first-order valence-electron chi connectivity index (χ1n) is 9.09. The number of hydrogen-bond donors (Lipinski definition) is 3. The van der Waals surface area contributed by atoms with Crippen molar-refractivity contribution in [3.05, 3.63) is 60.4 Å². The van der Waals surface area contributed by atoms with Gasteiger partial charge in [-0.2, -0.15) is 12.6 Å². The summed E-state index contributed by atoms with van der Waals surface area (Å²) in [7, 11) is 0. The standard InChI is InChI=1S/C19H21N5O2S2/c25-19(24-11-5-15(6-12-24)28-18-22-9-10-23-18)26-14-3-1-13(2-4-14)16(27)17-20-7-8-21-17/h1-4,7-10,15-16,27H,5-6,11-12H2,(H,20,21)(H,22,23). The molecule has 4 rings (SSSR count). The molecule has 1 aliphatic rings. The zero-order valence-corrected chi connectivity index (χ0v) is 16.8. The highest BCUT2D eigenvalue weighted by molar-refractivity contribution is 7.99. The third-order valence-electron chi connectivity index (χ3n) is 4.63. The van der Waals surface area contributed by atoms with Gasteiger partial charge in [0.2, 0.25) is 0 Å². The number of likely N-dealkylation sites (tertiary alicyclic amines) is 1. The van der Waals surface area contributed by atoms with Crippen molar-refractivity contribution in [3.63, 3.8) is 0 Å². The van der Waals surface area contributed by atoms with E-state index in [0.29, 0.717) is 24.1 Å². The van der Waals surface area contributed by atoms with Crippen LogP contribution >= 0.6 is 24.4 Å². The molecule has 1 saturated heterocycles. The number of carbonyl (C=O) groups is 1. The van der Waals surface area contributed by atoms with Crippen molar-refractivity contribution in [2.75, 3.05) is 13.1 Å². The normalized spacial score (nSPS) is 16.1. The lowest BCUT2D eigenvalue weighted by atomic mass is 10.1. The van der Waals surface area contributed by atoms with Crippen molar-refractivity contribution in [2.45, 2.75) is 28.5 Å². The van der Waals surface area contributed by atoms with Gasteiger partial charge in [-0.05, 0) is 30.5 Å². The number of ether oxygens (including phenoxy) is 1. The summed E-state index contributed by atoms with van der Waals surface area (Å²) in [5.74, 6) is 1.31. The van der Waals surface area contributed by atoms with Crippen LogP contribution in [0.25, 0.3) is 0 Å². The molecule has 0 spiro atoms. The summed E-state index contributed by atoms with van der Waals surface area (Å²) in [6.07, 6.45) is 8.58. The van der Waals surface area contributed by atoms with Crippen LogP contribution in [0.1, 0.15) is 29.5 Å². The summed E-state index contributed by atoms with van der Waals surface area (Å²) in [6, 6.07) is 7.38. The number of carbonyl (C=O) groups excluding carboxylic acids is 1. The van der Waals surface area contributed by atoms with Gasteiger partial charge < -0.3 is 19.6 Å². The minimum atomic E-state index is -0.303. The number of aromatic amines is 2. The third-order valence-corrected chi connectivity index (χ3v) is 6.42. The SMILES string of the molecule is O=C(Oc1ccc(C(S)c2ncc[nH]2)cc1)N1CCC(Sc2ncc[nH]2)CC1. The maximum Gasteiger partial charge on any atom is 0.415 e. The molecule has 0 radical (unpaired) electrons. The van der Waals surface area contributed by atoms with Gasteiger partial charge in [0.15, 0.2) is 5.16 Å². The van der Waals surface area contributed by atoms with Crippen LogP contribution in [-0.2, 0) is 0 Å². The number of benzene rings is 1. The molecule has 1 fully saturated rings. The van der Waals surface area contributed by atoms with Gasteiger partial charge in [-0.1, -0.05) is 23.9 Å². The lowest BCUT2D eigenvalue weighted by molar-refractivity contribution is 0.143. The quantitative estimate of drug-likeness (QED) is 0.550. The summed E-state index contributed by atoms with van der Waals surface area (Å²) in [5, 5.41) is 1.24. The van der Waals surface area contributed by atoms with E-state index in [4.69, 9.17) is 4.74 Å². The van der Waals surface area contributed by atoms with Crippen molar-refractivity contribution < 1.29 is 9.53 Å². The number of imidazole rings is 2. The van der Waals surface area contributed by atoms with Gasteiger partial charge in [-0.3, -0.25) is 0 Å². The Morgan fingerprint density at radius 3 is 2.50 bits per heavy atom. The van der Waals surface area contributed by atoms with E-state index in [1.165, 1.54) is 0 Å². The Hall–Kier alpha value is -2.39. The molecule has 1 amide bonds. The van der Waals surface area contributed by atoms with Crippen molar-refractivity contribution in [3.8, 4) is 5.75 Å². The average Bonchev–Trinajstić information content (AvgIpc) is 3.43. The first kappa shape index (κ1) is 18.9. The molecule has 2 aromatic heterocycles. The lowest BCUT2D eigenvalue weighted by Gasteiger charge is -2.30. The number of piperidine rings is 1. The van der Waals surface area contributed by atoms with E-state index in [9.17, 15) is 4.79 Å². The van der Waals surface area contributed by atoms with Crippen LogP contribution in [0.2, 0.25) is 0 Å². The predicted molar refractivity (Wildman–Crippen MR) is 111 cm³/mol. The van der Waals surface area contributed by atoms with Gasteiger partial charge in [0.1, 0.15) is 11.6 Å². The molecular weight excluding hydrogens is 394 g/mol. The number of H-pyrrole nitrogens is 2. The molecule has 1 aliphatic heterocycles. The second-order valence-electron chi connectivity index (χ2n) is 6.51. The van der Waals surface area contributed by atoms with E-state index in [1.807, 2.05) is 18.3 Å². The Bertz CT molecular complexity index is 876. The summed E-state index contributed by atoms with van der Waals surface area (Å²) < 4.78 is 5.53. The molecule has 2 N–H and O–H groups in total. The molecule has 1 aromatic carbocycles. The zero-order valence-electron chi connectivity index (χ0n) is 15.1. The number of thioether (sulfide) groups is 1. The number of nitrogens with one attached hydrogen (secondary N) is 2. The number of nitrogens with zero attached hydrogens (tertiary/aromatic N) is 3. The van der Waals surface area contributed by atoms with Crippen molar-refractivity contribution >= 4 is 30.5 Å². The molecule has 0 saturated carbocycles. The second kappa shape index (κ2) is 8.74. The number of rotatable bonds is 5. The fourth-order valence-electron chi connectivity index (χ4n) is 3.10. The molecule has 28 heavy (non-hydrogen) atoms. The van der Waals surface area contributed by atoms with Crippen LogP contribution in [0.5, 0.6) is 5.75 Å². The van der Waals surface area contributed by atoms with E-state index in [0.717, 1.165) is 29.4 Å². The van der Waals surface area contributed by atoms with Gasteiger partial charge in [0.05, 0.1) is 5.25 Å². The Kier molecular flexibility index (Phi) is 5.92. The minimum absolute atomic E-state index is 0.148. The first-order chi connectivity index (χ1) is 13.7. The van der Waals surface area contributed by atoms with E-state index < -0.39 is 0 Å². The predicted octanol–water partition coefficient (Wildman–Crippen LogP) is 3.91. The molecule has 3 heterocycles. The Morgan fingerprint density at radius 2 is 1.86 bits per heavy atom. The summed E-state index contributed by atoms with van der Waals surface area (Å²) in [4.78, 5) is 28.8. The fourth-order valence-corrected chi connectivity index (χ4v) is 4.43. The van der Waals surface area contributed by atoms with Crippen molar-refractivity contribution in [1.82, 2.24) is 24.8 Å². The number of aromatic nitrogens is 4. The Balaban J connectivity index is 1.28.